The normalized spacial score (nSPS) is 17.9. The van der Waals surface area contributed by atoms with Gasteiger partial charge >= 0.3 is 5.82 Å². The summed E-state index contributed by atoms with van der Waals surface area (Å²) >= 11 is 0. The Morgan fingerprint density at radius 2 is 0.925 bits per heavy atom. The van der Waals surface area contributed by atoms with Crippen LogP contribution in [0, 0.1) is 5.21 Å². The third-order valence-corrected chi connectivity index (χ3v) is 13.7. The third-order valence-electron chi connectivity index (χ3n) is 13.7. The van der Waals surface area contributed by atoms with Crippen molar-refractivity contribution in [2.75, 3.05) is 69.5 Å². The highest BCUT2D eigenvalue weighted by Crippen LogP contribution is 2.36. The van der Waals surface area contributed by atoms with Crippen LogP contribution < -0.4 is 52.1 Å². The lowest BCUT2D eigenvalue weighted by atomic mass is 9.92. The van der Waals surface area contributed by atoms with Crippen LogP contribution in [0.1, 0.15) is 153 Å². The van der Waals surface area contributed by atoms with E-state index < -0.39 is 0 Å². The van der Waals surface area contributed by atoms with E-state index >= 15 is 0 Å². The molecule has 6 heterocycles. The van der Waals surface area contributed by atoms with E-state index in [1.807, 2.05) is 29.2 Å². The number of carbonyl (C=O) groups is 2. The quantitative estimate of drug-likeness (QED) is 0.103. The Hall–Kier alpha value is -5.31. The minimum Gasteiger partial charge on any atom is -1.00 e. The molecule has 0 bridgehead atoms. The molecule has 4 aromatic rings. The summed E-state index contributed by atoms with van der Waals surface area (Å²) in [4.78, 5) is 35.8. The summed E-state index contributed by atoms with van der Waals surface area (Å²) in [7, 11) is 0. The number of carbonyl (C=O) groups excluding carboxylic acids is 2. The first-order valence-electron chi connectivity index (χ1n) is 24.1. The summed E-state index contributed by atoms with van der Waals surface area (Å²) in [6, 6.07) is 19.8. The van der Waals surface area contributed by atoms with Crippen molar-refractivity contribution in [2.24, 2.45) is 0 Å². The van der Waals surface area contributed by atoms with Gasteiger partial charge in [-0.15, -0.1) is 0 Å². The molecule has 0 aliphatic carbocycles. The second kappa shape index (κ2) is 24.1. The van der Waals surface area contributed by atoms with Crippen molar-refractivity contribution in [3.63, 3.8) is 0 Å². The lowest BCUT2D eigenvalue weighted by Crippen LogP contribution is -3.00. The number of benzene rings is 2. The summed E-state index contributed by atoms with van der Waals surface area (Å²) in [5, 5.41) is 29.9. The molecular weight excluding hydrogens is 868 g/mol. The predicted molar refractivity (Wildman–Crippen MR) is 267 cm³/mol. The van der Waals surface area contributed by atoms with Crippen molar-refractivity contribution in [1.29, 1.82) is 0 Å². The zero-order valence-electron chi connectivity index (χ0n) is 41.0. The summed E-state index contributed by atoms with van der Waals surface area (Å²) in [5.41, 5.74) is 8.73. The van der Waals surface area contributed by atoms with Gasteiger partial charge < -0.3 is 54.2 Å². The van der Waals surface area contributed by atoms with Crippen molar-refractivity contribution < 1.29 is 47.6 Å². The average molecular weight is 946 g/mol. The van der Waals surface area contributed by atoms with Crippen molar-refractivity contribution in [2.45, 2.75) is 143 Å². The number of amides is 2. The fourth-order valence-electron chi connectivity index (χ4n) is 10.1. The number of rotatable bonds is 12. The van der Waals surface area contributed by atoms with Crippen molar-refractivity contribution in [3.8, 4) is 0 Å². The molecule has 4 aliphatic heterocycles. The van der Waals surface area contributed by atoms with E-state index in [1.54, 1.807) is 12.4 Å². The van der Waals surface area contributed by atoms with E-state index in [0.717, 1.165) is 102 Å². The first-order valence-corrected chi connectivity index (χ1v) is 24.1. The Labute approximate surface area is 404 Å². The number of nitrogens with zero attached hydrogens (tertiary/aromatic N) is 6. The molecule has 4 fully saturated rings. The van der Waals surface area contributed by atoms with Gasteiger partial charge in [-0.05, 0) is 84.5 Å². The van der Waals surface area contributed by atoms with Gasteiger partial charge in [0.1, 0.15) is 6.20 Å². The van der Waals surface area contributed by atoms with Crippen LogP contribution in [0.5, 0.6) is 0 Å². The molecule has 2 aromatic carbocycles. The summed E-state index contributed by atoms with van der Waals surface area (Å²) in [6.45, 7) is 22.9. The molecule has 0 radical (unpaired) electrons. The van der Waals surface area contributed by atoms with E-state index in [9.17, 15) is 20.0 Å². The fraction of sp³-hybridized carbons (Fsp3) is 0.538. The average Bonchev–Trinajstić information content (AvgIpc) is 4.13. The van der Waals surface area contributed by atoms with Gasteiger partial charge in [0, 0.05) is 73.9 Å². The Morgan fingerprint density at radius 3 is 1.31 bits per heavy atom. The molecule has 0 saturated carbocycles. The first kappa shape index (κ1) is 54.3. The molecule has 67 heavy (non-hydrogen) atoms. The highest BCUT2D eigenvalue weighted by molar-refractivity contribution is 5.99. The van der Waals surface area contributed by atoms with E-state index in [-0.39, 0.29) is 47.3 Å². The minimum atomic E-state index is -0.343. The standard InChI is InChI=1S/2C26H36N4O2.ClH.2H2O/c2*1-18(2)21-9-7-10-22(19(3)4)25(21)27-26(31)23-11-8-15-29(23)24-17-20(12-16-30(24)32)28-13-5-6-14-28;;;/h7,9-10,12,16-19,23H,5-6,8,11,13-15H2,1-4H3,(H-,27,31,32);7,9-10,12,16-19,23H,5-6,8,11,13-15H2,1-4H3,(H,27,31);1H;2*1H2/t2*23-;;;/m00.../s1. The molecule has 0 unspecified atom stereocenters. The maximum Gasteiger partial charge on any atom is 0.318 e. The highest BCUT2D eigenvalue weighted by atomic mass is 35.5. The lowest BCUT2D eigenvalue weighted by molar-refractivity contribution is -0.894. The number of hydrogen-bond donors (Lipinski definition) is 3. The van der Waals surface area contributed by atoms with E-state index in [1.165, 1.54) is 36.8 Å². The SMILES string of the molecule is CC(C)c1cccc(C(C)C)c1NC(=O)[C@@H]1CCCN1c1cc(N2CCCC2)cc[n+]1O.CC(C)c1cccc(C(C)C)c1NC(=O)[C@@H]1CCCN1c1cc(N2CCCC2)cc[n+]1[O-].O.O.[Cl-]. The van der Waals surface area contributed by atoms with Gasteiger partial charge in [0.15, 0.2) is 12.1 Å². The van der Waals surface area contributed by atoms with Crippen LogP contribution in [0.2, 0.25) is 0 Å². The molecule has 8 rings (SSSR count). The zero-order chi connectivity index (χ0) is 45.7. The minimum absolute atomic E-state index is 0. The lowest BCUT2D eigenvalue weighted by Gasteiger charge is -2.26. The van der Waals surface area contributed by atoms with Crippen molar-refractivity contribution in [3.05, 3.63) is 101 Å². The van der Waals surface area contributed by atoms with Crippen LogP contribution in [-0.4, -0.2) is 79.3 Å². The van der Waals surface area contributed by atoms with Gasteiger partial charge in [-0.2, -0.15) is 0 Å². The summed E-state index contributed by atoms with van der Waals surface area (Å²) in [5.74, 6) is 2.50. The number of anilines is 6. The van der Waals surface area contributed by atoms with Gasteiger partial charge in [0.2, 0.25) is 0 Å². The second-order valence-electron chi connectivity index (χ2n) is 19.5. The Morgan fingerprint density at radius 1 is 0.567 bits per heavy atom. The molecule has 7 N–H and O–H groups in total. The molecule has 4 aliphatic rings. The maximum atomic E-state index is 13.5. The van der Waals surface area contributed by atoms with Crippen LogP contribution in [0.15, 0.2) is 73.1 Å². The van der Waals surface area contributed by atoms with Gasteiger partial charge in [-0.25, -0.2) is 14.5 Å². The maximum absolute atomic E-state index is 13.5. The summed E-state index contributed by atoms with van der Waals surface area (Å²) in [6.07, 6.45) is 11.4. The second-order valence-corrected chi connectivity index (χ2v) is 19.5. The molecule has 2 amide bonds. The Kier molecular flexibility index (Phi) is 19.5. The van der Waals surface area contributed by atoms with E-state index in [0.29, 0.717) is 41.9 Å². The molecule has 368 valence electrons. The number of nitrogens with one attached hydrogen (secondary N) is 2. The highest BCUT2D eigenvalue weighted by Gasteiger charge is 2.41. The van der Waals surface area contributed by atoms with Crippen LogP contribution in [0.25, 0.3) is 0 Å². The largest absolute Gasteiger partial charge is 1.00 e. The Balaban J connectivity index is 0.000000280. The van der Waals surface area contributed by atoms with Crippen LogP contribution in [-0.2, 0) is 9.59 Å². The smallest absolute Gasteiger partial charge is 0.318 e. The number of hydrogen-bond acceptors (Lipinski definition) is 8. The van der Waals surface area contributed by atoms with E-state index in [4.69, 9.17) is 0 Å². The molecule has 4 saturated heterocycles. The summed E-state index contributed by atoms with van der Waals surface area (Å²) < 4.78 is 2.07. The van der Waals surface area contributed by atoms with Gasteiger partial charge in [-0.1, -0.05) is 96.5 Å². The van der Waals surface area contributed by atoms with Gasteiger partial charge in [0.05, 0.1) is 31.4 Å². The zero-order valence-corrected chi connectivity index (χ0v) is 41.8. The number of aromatic nitrogens is 2. The molecule has 0 spiro atoms. The molecule has 14 nitrogen and oxygen atoms in total. The topological polar surface area (TPSA) is 185 Å². The number of pyridine rings is 2. The van der Waals surface area contributed by atoms with Crippen molar-refractivity contribution in [1.82, 2.24) is 0 Å². The fourth-order valence-corrected chi connectivity index (χ4v) is 10.1. The van der Waals surface area contributed by atoms with Crippen LogP contribution in [0.3, 0.4) is 0 Å². The molecule has 15 heteroatoms. The van der Waals surface area contributed by atoms with Crippen LogP contribution in [0.4, 0.5) is 34.4 Å². The van der Waals surface area contributed by atoms with Crippen LogP contribution >= 0.6 is 0 Å². The molecular formula is C52H77ClN8O6. The van der Waals surface area contributed by atoms with E-state index in [2.05, 4.69) is 117 Å². The van der Waals surface area contributed by atoms with Gasteiger partial charge in [-0.3, -0.25) is 9.59 Å². The predicted octanol–water partition coefficient (Wildman–Crippen LogP) is 4.80. The molecule has 2 atom stereocenters. The van der Waals surface area contributed by atoms with Crippen molar-refractivity contribution >= 4 is 46.2 Å². The third kappa shape index (κ3) is 12.2. The van der Waals surface area contributed by atoms with Gasteiger partial charge in [0.25, 0.3) is 17.6 Å². The molecule has 2 aromatic heterocycles. The number of para-hydroxylation sites is 2. The Bertz CT molecular complexity index is 2050. The first-order chi connectivity index (χ1) is 30.7. The number of halogens is 1. The monoisotopic (exact) mass is 945 g/mol.